The van der Waals surface area contributed by atoms with Gasteiger partial charge in [0.2, 0.25) is 0 Å². The third kappa shape index (κ3) is 3.00. The van der Waals surface area contributed by atoms with Gasteiger partial charge in [-0.15, -0.1) is 0 Å². The van der Waals surface area contributed by atoms with Crippen LogP contribution in [0.2, 0.25) is 0 Å². The Labute approximate surface area is 128 Å². The van der Waals surface area contributed by atoms with Gasteiger partial charge >= 0.3 is 0 Å². The number of aliphatic hydroxyl groups excluding tert-OH is 1. The van der Waals surface area contributed by atoms with Crippen molar-refractivity contribution >= 4 is 0 Å². The van der Waals surface area contributed by atoms with Crippen LogP contribution in [0.15, 0.2) is 0 Å². The number of nitrogens with zero attached hydrogens (tertiary/aromatic N) is 2. The van der Waals surface area contributed by atoms with Crippen LogP contribution in [0.1, 0.15) is 51.4 Å². The van der Waals surface area contributed by atoms with Crippen LogP contribution in [0.4, 0.5) is 0 Å². The highest BCUT2D eigenvalue weighted by Gasteiger charge is 2.44. The molecule has 0 aromatic carbocycles. The molecule has 4 heteroatoms. The molecule has 2 saturated carbocycles. The first-order chi connectivity index (χ1) is 10.3. The number of fused-ring (bicyclic) bond motifs is 1. The fourth-order valence-electron chi connectivity index (χ4n) is 4.96. The zero-order valence-electron chi connectivity index (χ0n) is 13.3. The summed E-state index contributed by atoms with van der Waals surface area (Å²) in [5.74, 6) is 0. The Hall–Kier alpha value is -0.160. The van der Waals surface area contributed by atoms with Gasteiger partial charge in [0.05, 0.1) is 6.61 Å². The molecule has 4 aliphatic rings. The van der Waals surface area contributed by atoms with Crippen molar-refractivity contribution in [2.45, 2.75) is 75.0 Å². The first-order valence-electron chi connectivity index (χ1n) is 9.15. The van der Waals surface area contributed by atoms with Crippen molar-refractivity contribution in [3.63, 3.8) is 0 Å². The largest absolute Gasteiger partial charge is 0.394 e. The van der Waals surface area contributed by atoms with E-state index in [0.717, 1.165) is 18.9 Å². The average molecular weight is 293 g/mol. The lowest BCUT2D eigenvalue weighted by atomic mass is 9.98. The van der Waals surface area contributed by atoms with E-state index in [2.05, 4.69) is 15.1 Å². The maximum Gasteiger partial charge on any atom is 0.0614 e. The monoisotopic (exact) mass is 293 g/mol. The van der Waals surface area contributed by atoms with Gasteiger partial charge in [-0.25, -0.2) is 0 Å². The normalized spacial score (nSPS) is 42.1. The molecule has 0 amide bonds. The SMILES string of the molecule is OCC1(NC2CC2)CCC(N2CCCN3CCCC3C2)C1. The highest BCUT2D eigenvalue weighted by Crippen LogP contribution is 2.37. The summed E-state index contributed by atoms with van der Waals surface area (Å²) in [7, 11) is 0. The Balaban J connectivity index is 1.39. The fourth-order valence-corrected chi connectivity index (χ4v) is 4.96. The zero-order chi connectivity index (χ0) is 14.3. The predicted molar refractivity (Wildman–Crippen MR) is 84.4 cm³/mol. The zero-order valence-corrected chi connectivity index (χ0v) is 13.3. The van der Waals surface area contributed by atoms with Crippen molar-refractivity contribution < 1.29 is 5.11 Å². The minimum absolute atomic E-state index is 0.0352. The number of hydrogen-bond acceptors (Lipinski definition) is 4. The van der Waals surface area contributed by atoms with Gasteiger partial charge in [-0.1, -0.05) is 0 Å². The Morgan fingerprint density at radius 3 is 2.57 bits per heavy atom. The summed E-state index contributed by atoms with van der Waals surface area (Å²) in [4.78, 5) is 5.48. The molecule has 0 spiro atoms. The minimum Gasteiger partial charge on any atom is -0.394 e. The summed E-state index contributed by atoms with van der Waals surface area (Å²) in [6.07, 6.45) is 10.3. The Morgan fingerprint density at radius 1 is 0.952 bits per heavy atom. The van der Waals surface area contributed by atoms with Crippen LogP contribution in [0.5, 0.6) is 0 Å². The Kier molecular flexibility index (Phi) is 3.99. The van der Waals surface area contributed by atoms with E-state index in [1.54, 1.807) is 0 Å². The third-order valence-electron chi connectivity index (χ3n) is 6.32. The summed E-state index contributed by atoms with van der Waals surface area (Å²) in [6, 6.07) is 2.21. The molecule has 0 aromatic rings. The van der Waals surface area contributed by atoms with Gasteiger partial charge in [-0.3, -0.25) is 9.80 Å². The highest BCUT2D eigenvalue weighted by molar-refractivity contribution is 5.03. The molecule has 0 radical (unpaired) electrons. The molecule has 0 bridgehead atoms. The van der Waals surface area contributed by atoms with E-state index >= 15 is 0 Å². The molecule has 0 aromatic heterocycles. The molecule has 3 unspecified atom stereocenters. The molecule has 2 N–H and O–H groups in total. The van der Waals surface area contributed by atoms with Crippen LogP contribution < -0.4 is 5.32 Å². The summed E-state index contributed by atoms with van der Waals surface area (Å²) in [5, 5.41) is 13.7. The first-order valence-corrected chi connectivity index (χ1v) is 9.15. The van der Waals surface area contributed by atoms with E-state index in [1.807, 2.05) is 0 Å². The van der Waals surface area contributed by atoms with Crippen molar-refractivity contribution in [3.8, 4) is 0 Å². The molecule has 21 heavy (non-hydrogen) atoms. The van der Waals surface area contributed by atoms with E-state index in [-0.39, 0.29) is 5.54 Å². The lowest BCUT2D eigenvalue weighted by molar-refractivity contribution is 0.135. The van der Waals surface area contributed by atoms with E-state index in [0.29, 0.717) is 18.7 Å². The lowest BCUT2D eigenvalue weighted by Crippen LogP contribution is -2.49. The molecular weight excluding hydrogens is 262 g/mol. The summed E-state index contributed by atoms with van der Waals surface area (Å²) < 4.78 is 0. The maximum absolute atomic E-state index is 9.93. The number of rotatable bonds is 4. The molecule has 120 valence electrons. The quantitative estimate of drug-likeness (QED) is 0.817. The van der Waals surface area contributed by atoms with Crippen molar-refractivity contribution in [1.29, 1.82) is 0 Å². The molecule has 2 aliphatic carbocycles. The average Bonchev–Trinajstić information content (AvgIpc) is 3.10. The lowest BCUT2D eigenvalue weighted by Gasteiger charge is -2.33. The fraction of sp³-hybridized carbons (Fsp3) is 1.00. The smallest absolute Gasteiger partial charge is 0.0614 e. The molecular formula is C17H31N3O. The summed E-state index contributed by atoms with van der Waals surface area (Å²) >= 11 is 0. The summed E-state index contributed by atoms with van der Waals surface area (Å²) in [5.41, 5.74) is 0.0352. The van der Waals surface area contributed by atoms with Gasteiger partial charge in [-0.05, 0) is 71.0 Å². The van der Waals surface area contributed by atoms with Gasteiger partial charge < -0.3 is 10.4 Å². The van der Waals surface area contributed by atoms with E-state index in [9.17, 15) is 5.11 Å². The van der Waals surface area contributed by atoms with Crippen molar-refractivity contribution in [1.82, 2.24) is 15.1 Å². The van der Waals surface area contributed by atoms with Crippen LogP contribution in [-0.2, 0) is 0 Å². The molecule has 4 rings (SSSR count). The van der Waals surface area contributed by atoms with Crippen molar-refractivity contribution in [2.24, 2.45) is 0 Å². The van der Waals surface area contributed by atoms with Gasteiger partial charge in [0.1, 0.15) is 0 Å². The molecule has 2 aliphatic heterocycles. The van der Waals surface area contributed by atoms with Gasteiger partial charge in [0.25, 0.3) is 0 Å². The van der Waals surface area contributed by atoms with Gasteiger partial charge in [0, 0.05) is 30.2 Å². The topological polar surface area (TPSA) is 38.7 Å². The number of aliphatic hydroxyl groups is 1. The van der Waals surface area contributed by atoms with Crippen LogP contribution in [0.25, 0.3) is 0 Å². The van der Waals surface area contributed by atoms with E-state index in [4.69, 9.17) is 0 Å². The Morgan fingerprint density at radius 2 is 1.76 bits per heavy atom. The summed E-state index contributed by atoms with van der Waals surface area (Å²) in [6.45, 7) is 5.49. The first kappa shape index (κ1) is 14.4. The van der Waals surface area contributed by atoms with Crippen molar-refractivity contribution in [3.05, 3.63) is 0 Å². The maximum atomic E-state index is 9.93. The molecule has 4 nitrogen and oxygen atoms in total. The second kappa shape index (κ2) is 5.80. The predicted octanol–water partition coefficient (Wildman–Crippen LogP) is 1.19. The number of nitrogens with one attached hydrogen (secondary N) is 1. The molecule has 3 atom stereocenters. The van der Waals surface area contributed by atoms with E-state index in [1.165, 1.54) is 64.7 Å². The number of hydrogen-bond donors (Lipinski definition) is 2. The van der Waals surface area contributed by atoms with Crippen LogP contribution in [0, 0.1) is 0 Å². The van der Waals surface area contributed by atoms with Crippen LogP contribution >= 0.6 is 0 Å². The van der Waals surface area contributed by atoms with Crippen LogP contribution in [0.3, 0.4) is 0 Å². The highest BCUT2D eigenvalue weighted by atomic mass is 16.3. The third-order valence-corrected chi connectivity index (χ3v) is 6.32. The van der Waals surface area contributed by atoms with Crippen LogP contribution in [-0.4, -0.2) is 71.4 Å². The standard InChI is InChI=1S/C17H31N3O/c21-13-17(18-14-4-5-14)7-6-15(11-17)20-10-2-9-19-8-1-3-16(19)12-20/h14-16,18,21H,1-13H2. The molecule has 2 saturated heterocycles. The second-order valence-electron chi connectivity index (χ2n) is 7.93. The minimum atomic E-state index is 0.0352. The molecule has 2 heterocycles. The van der Waals surface area contributed by atoms with Gasteiger partial charge in [-0.2, -0.15) is 0 Å². The molecule has 4 fully saturated rings. The van der Waals surface area contributed by atoms with Gasteiger partial charge in [0.15, 0.2) is 0 Å². The Bertz CT molecular complexity index is 373. The van der Waals surface area contributed by atoms with E-state index < -0.39 is 0 Å². The van der Waals surface area contributed by atoms with Crippen molar-refractivity contribution in [2.75, 3.05) is 32.8 Å². The second-order valence-corrected chi connectivity index (χ2v) is 7.93.